The number of carbonyl (C=O) groups excluding carboxylic acids is 1. The average Bonchev–Trinajstić information content (AvgIpc) is 2.27. The number of benzene rings is 1. The largest absolute Gasteiger partial charge is 0.316 e. The fourth-order valence-corrected chi connectivity index (χ4v) is 2.05. The minimum Gasteiger partial charge on any atom is -0.316 e. The van der Waals surface area contributed by atoms with Gasteiger partial charge >= 0.3 is 0 Å². The molecule has 1 aromatic carbocycles. The topological polar surface area (TPSA) is 67.1 Å². The maximum atomic E-state index is 11.8. The van der Waals surface area contributed by atoms with E-state index < -0.39 is 6.04 Å². The number of nitrogens with two attached hydrogens (primary N) is 1. The van der Waals surface area contributed by atoms with E-state index in [1.807, 2.05) is 27.7 Å². The van der Waals surface area contributed by atoms with E-state index in [1.165, 1.54) is 0 Å². The molecule has 0 aromatic heterocycles. The molecule has 1 atom stereocenters. The van der Waals surface area contributed by atoms with Crippen molar-refractivity contribution in [3.63, 3.8) is 0 Å². The van der Waals surface area contributed by atoms with E-state index in [0.717, 1.165) is 27.8 Å². The molecule has 0 aliphatic heterocycles. The molecule has 0 heterocycles. The van der Waals surface area contributed by atoms with Gasteiger partial charge in [-0.25, -0.2) is 5.43 Å². The predicted molar refractivity (Wildman–Crippen MR) is 69.5 cm³/mol. The lowest BCUT2D eigenvalue weighted by atomic mass is 9.90. The Bertz CT molecular complexity index is 415. The zero-order valence-electron chi connectivity index (χ0n) is 11.1. The molecule has 4 N–H and O–H groups in total. The van der Waals surface area contributed by atoms with Gasteiger partial charge in [-0.3, -0.25) is 10.2 Å². The smallest absolute Gasteiger partial charge is 0.255 e. The number of nitrogens with one attached hydrogen (secondary N) is 2. The van der Waals surface area contributed by atoms with Crippen molar-refractivity contribution in [2.75, 3.05) is 7.05 Å². The third-order valence-corrected chi connectivity index (χ3v) is 3.27. The lowest BCUT2D eigenvalue weighted by Crippen LogP contribution is -2.41. The number of aryl methyl sites for hydroxylation is 2. The predicted octanol–water partition coefficient (Wildman–Crippen LogP) is 1.17. The standard InChI is InChI=1S/C13H21N3O/c1-7-6-8(2)10(4)11(9(7)3)12(14)13(17)16-15-5/h6,12,15H,14H2,1-5H3,(H,16,17). The Labute approximate surface area is 103 Å². The van der Waals surface area contributed by atoms with E-state index in [1.54, 1.807) is 7.05 Å². The first-order valence-corrected chi connectivity index (χ1v) is 5.69. The van der Waals surface area contributed by atoms with Crippen molar-refractivity contribution in [2.45, 2.75) is 33.7 Å². The molecule has 0 spiro atoms. The van der Waals surface area contributed by atoms with E-state index >= 15 is 0 Å². The lowest BCUT2D eigenvalue weighted by molar-refractivity contribution is -0.123. The number of rotatable bonds is 3. The highest BCUT2D eigenvalue weighted by Gasteiger charge is 2.21. The lowest BCUT2D eigenvalue weighted by Gasteiger charge is -2.20. The molecule has 1 amide bonds. The second-order valence-electron chi connectivity index (χ2n) is 4.39. The summed E-state index contributed by atoms with van der Waals surface area (Å²) >= 11 is 0. The Balaban J connectivity index is 3.25. The number of amides is 1. The van der Waals surface area contributed by atoms with Gasteiger partial charge in [-0.15, -0.1) is 0 Å². The van der Waals surface area contributed by atoms with Gasteiger partial charge in [0, 0.05) is 7.05 Å². The molecule has 1 unspecified atom stereocenters. The monoisotopic (exact) mass is 235 g/mol. The van der Waals surface area contributed by atoms with Crippen LogP contribution < -0.4 is 16.6 Å². The molecule has 17 heavy (non-hydrogen) atoms. The van der Waals surface area contributed by atoms with Crippen LogP contribution in [0.2, 0.25) is 0 Å². The molecule has 0 aliphatic rings. The third kappa shape index (κ3) is 2.65. The maximum absolute atomic E-state index is 11.8. The van der Waals surface area contributed by atoms with Crippen LogP contribution in [0, 0.1) is 27.7 Å². The summed E-state index contributed by atoms with van der Waals surface area (Å²) in [4.78, 5) is 11.8. The summed E-state index contributed by atoms with van der Waals surface area (Å²) < 4.78 is 0. The van der Waals surface area contributed by atoms with Crippen LogP contribution in [-0.4, -0.2) is 13.0 Å². The average molecular weight is 235 g/mol. The van der Waals surface area contributed by atoms with Gasteiger partial charge in [-0.2, -0.15) is 0 Å². The summed E-state index contributed by atoms with van der Waals surface area (Å²) in [5.41, 5.74) is 16.6. The molecule has 1 aromatic rings. The summed E-state index contributed by atoms with van der Waals surface area (Å²) in [6, 6.07) is 1.48. The fraction of sp³-hybridized carbons (Fsp3) is 0.462. The van der Waals surface area contributed by atoms with Crippen molar-refractivity contribution >= 4 is 5.91 Å². The molecule has 1 rings (SSSR count). The van der Waals surface area contributed by atoms with Crippen molar-refractivity contribution in [3.8, 4) is 0 Å². The molecule has 0 radical (unpaired) electrons. The number of carbonyl (C=O) groups is 1. The van der Waals surface area contributed by atoms with Crippen LogP contribution in [0.4, 0.5) is 0 Å². The second-order valence-corrected chi connectivity index (χ2v) is 4.39. The summed E-state index contributed by atoms with van der Waals surface area (Å²) in [5, 5.41) is 0. The van der Waals surface area contributed by atoms with Gasteiger partial charge in [0.05, 0.1) is 0 Å². The van der Waals surface area contributed by atoms with Crippen LogP contribution in [0.1, 0.15) is 33.9 Å². The van der Waals surface area contributed by atoms with Crippen LogP contribution in [-0.2, 0) is 4.79 Å². The summed E-state index contributed by atoms with van der Waals surface area (Å²) in [6.45, 7) is 8.08. The van der Waals surface area contributed by atoms with Gasteiger partial charge < -0.3 is 5.73 Å². The van der Waals surface area contributed by atoms with Gasteiger partial charge in [0.1, 0.15) is 6.04 Å². The van der Waals surface area contributed by atoms with Crippen LogP contribution in [0.25, 0.3) is 0 Å². The van der Waals surface area contributed by atoms with Crippen molar-refractivity contribution < 1.29 is 4.79 Å². The molecule has 0 bridgehead atoms. The number of hydrogen-bond donors (Lipinski definition) is 3. The molecule has 4 nitrogen and oxygen atoms in total. The van der Waals surface area contributed by atoms with E-state index in [0.29, 0.717) is 0 Å². The highest BCUT2D eigenvalue weighted by atomic mass is 16.2. The van der Waals surface area contributed by atoms with Crippen LogP contribution in [0.5, 0.6) is 0 Å². The molecule has 4 heteroatoms. The molecule has 0 fully saturated rings. The minimum absolute atomic E-state index is 0.219. The number of hydrogen-bond acceptors (Lipinski definition) is 3. The molecule has 0 aliphatic carbocycles. The number of hydrazine groups is 1. The van der Waals surface area contributed by atoms with Gasteiger partial charge in [-0.1, -0.05) is 6.07 Å². The van der Waals surface area contributed by atoms with Crippen LogP contribution >= 0.6 is 0 Å². The zero-order chi connectivity index (χ0) is 13.2. The van der Waals surface area contributed by atoms with Crippen molar-refractivity contribution in [2.24, 2.45) is 5.73 Å². The fourth-order valence-electron chi connectivity index (χ4n) is 2.05. The van der Waals surface area contributed by atoms with Gasteiger partial charge in [-0.05, 0) is 55.5 Å². The SMILES string of the molecule is CNNC(=O)C(N)c1c(C)c(C)cc(C)c1C. The summed E-state index contributed by atoms with van der Waals surface area (Å²) in [7, 11) is 1.64. The van der Waals surface area contributed by atoms with Gasteiger partial charge in [0.25, 0.3) is 5.91 Å². The van der Waals surface area contributed by atoms with Crippen molar-refractivity contribution in [1.29, 1.82) is 0 Å². The first-order valence-electron chi connectivity index (χ1n) is 5.69. The van der Waals surface area contributed by atoms with Crippen molar-refractivity contribution in [1.82, 2.24) is 10.9 Å². The van der Waals surface area contributed by atoms with E-state index in [9.17, 15) is 4.79 Å². The van der Waals surface area contributed by atoms with Crippen molar-refractivity contribution in [3.05, 3.63) is 33.9 Å². The van der Waals surface area contributed by atoms with Crippen LogP contribution in [0.15, 0.2) is 6.07 Å². The first-order chi connectivity index (χ1) is 7.90. The first kappa shape index (κ1) is 13.7. The Morgan fingerprint density at radius 2 is 1.65 bits per heavy atom. The molecular weight excluding hydrogens is 214 g/mol. The third-order valence-electron chi connectivity index (χ3n) is 3.27. The summed E-state index contributed by atoms with van der Waals surface area (Å²) in [5.74, 6) is -0.219. The molecule has 0 saturated carbocycles. The Morgan fingerprint density at radius 3 is 2.06 bits per heavy atom. The second kappa shape index (κ2) is 5.29. The molecule has 0 saturated heterocycles. The van der Waals surface area contributed by atoms with Gasteiger partial charge in [0.15, 0.2) is 0 Å². The maximum Gasteiger partial charge on any atom is 0.255 e. The van der Waals surface area contributed by atoms with E-state index in [-0.39, 0.29) is 5.91 Å². The highest BCUT2D eigenvalue weighted by molar-refractivity contribution is 5.83. The van der Waals surface area contributed by atoms with Gasteiger partial charge in [0.2, 0.25) is 0 Å². The molecule has 94 valence electrons. The van der Waals surface area contributed by atoms with Crippen LogP contribution in [0.3, 0.4) is 0 Å². The zero-order valence-corrected chi connectivity index (χ0v) is 11.1. The Morgan fingerprint density at radius 1 is 1.18 bits per heavy atom. The minimum atomic E-state index is -0.638. The van der Waals surface area contributed by atoms with E-state index in [4.69, 9.17) is 5.73 Å². The molecular formula is C13H21N3O. The van der Waals surface area contributed by atoms with E-state index in [2.05, 4.69) is 16.9 Å². The highest BCUT2D eigenvalue weighted by Crippen LogP contribution is 2.26. The quantitative estimate of drug-likeness (QED) is 0.689. The Kier molecular flexibility index (Phi) is 4.26. The normalized spacial score (nSPS) is 12.4. The summed E-state index contributed by atoms with van der Waals surface area (Å²) in [6.07, 6.45) is 0. The Hall–Kier alpha value is -1.39.